The van der Waals surface area contributed by atoms with Crippen LogP contribution in [0.2, 0.25) is 0 Å². The molecule has 4 rings (SSSR count). The van der Waals surface area contributed by atoms with E-state index in [1.54, 1.807) is 18.2 Å². The minimum absolute atomic E-state index is 0.00794. The third-order valence-electron chi connectivity index (χ3n) is 5.36. The van der Waals surface area contributed by atoms with Crippen molar-refractivity contribution in [2.75, 3.05) is 13.1 Å². The molecule has 0 aliphatic carbocycles. The van der Waals surface area contributed by atoms with Crippen molar-refractivity contribution < 1.29 is 22.7 Å². The van der Waals surface area contributed by atoms with E-state index in [2.05, 4.69) is 0 Å². The molecule has 2 aromatic carbocycles. The first-order chi connectivity index (χ1) is 14.7. The summed E-state index contributed by atoms with van der Waals surface area (Å²) in [6, 6.07) is 12.0. The van der Waals surface area contributed by atoms with Crippen LogP contribution in [0.25, 0.3) is 16.5 Å². The smallest absolute Gasteiger partial charge is 0.407 e. The standard InChI is InChI=1S/C22H18FN3O4S/c1-14-2-5-17(6-3-14)31(29,30)26-20(15-8-10-25(11-9-15)22(27)28)12-18-19(23)7-4-16(13-24)21(18)26/h2-8,12H,9-11H2,1H3,(H,27,28). The van der Waals surface area contributed by atoms with Crippen molar-refractivity contribution in [2.45, 2.75) is 18.2 Å². The number of carbonyl (C=O) groups is 1. The summed E-state index contributed by atoms with van der Waals surface area (Å²) in [5.74, 6) is -0.642. The minimum Gasteiger partial charge on any atom is -0.465 e. The van der Waals surface area contributed by atoms with Gasteiger partial charge in [-0.2, -0.15) is 5.26 Å². The second kappa shape index (κ2) is 7.56. The normalized spacial score (nSPS) is 14.4. The van der Waals surface area contributed by atoms with E-state index < -0.39 is 21.9 Å². The van der Waals surface area contributed by atoms with E-state index in [1.165, 1.54) is 29.2 Å². The van der Waals surface area contributed by atoms with E-state index in [1.807, 2.05) is 13.0 Å². The topological polar surface area (TPSA) is 103 Å². The zero-order chi connectivity index (χ0) is 22.3. The van der Waals surface area contributed by atoms with Crippen molar-refractivity contribution >= 4 is 32.6 Å². The van der Waals surface area contributed by atoms with Crippen molar-refractivity contribution in [3.05, 3.63) is 71.2 Å². The van der Waals surface area contributed by atoms with Crippen LogP contribution in [0.4, 0.5) is 9.18 Å². The number of rotatable bonds is 3. The average Bonchev–Trinajstić information content (AvgIpc) is 3.17. The molecule has 0 atom stereocenters. The summed E-state index contributed by atoms with van der Waals surface area (Å²) in [5, 5.41) is 18.8. The number of carboxylic acid groups (broad SMARTS) is 1. The molecule has 2 heterocycles. The largest absolute Gasteiger partial charge is 0.465 e. The molecule has 0 saturated heterocycles. The van der Waals surface area contributed by atoms with Crippen LogP contribution in [-0.4, -0.2) is 41.6 Å². The Hall–Kier alpha value is -3.64. The van der Waals surface area contributed by atoms with Crippen LogP contribution in [0.3, 0.4) is 0 Å². The highest BCUT2D eigenvalue weighted by Crippen LogP contribution is 2.35. The maximum absolute atomic E-state index is 14.7. The first-order valence-electron chi connectivity index (χ1n) is 9.47. The molecule has 0 bridgehead atoms. The van der Waals surface area contributed by atoms with Gasteiger partial charge in [0, 0.05) is 18.5 Å². The molecule has 1 N–H and O–H groups in total. The Labute approximate surface area is 178 Å². The molecule has 1 amide bonds. The fraction of sp³-hybridized carbons (Fsp3) is 0.182. The summed E-state index contributed by atoms with van der Waals surface area (Å²) in [6.07, 6.45) is 0.813. The molecular formula is C22H18FN3O4S. The second-order valence-electron chi connectivity index (χ2n) is 7.29. The predicted octanol–water partition coefficient (Wildman–Crippen LogP) is 3.96. The summed E-state index contributed by atoms with van der Waals surface area (Å²) >= 11 is 0. The van der Waals surface area contributed by atoms with Crippen molar-refractivity contribution in [3.63, 3.8) is 0 Å². The molecule has 0 radical (unpaired) electrons. The maximum Gasteiger partial charge on any atom is 0.407 e. The highest BCUT2D eigenvalue weighted by atomic mass is 32.2. The number of aryl methyl sites for hydroxylation is 1. The maximum atomic E-state index is 14.7. The predicted molar refractivity (Wildman–Crippen MR) is 113 cm³/mol. The van der Waals surface area contributed by atoms with Gasteiger partial charge in [0.05, 0.1) is 21.7 Å². The van der Waals surface area contributed by atoms with Gasteiger partial charge >= 0.3 is 6.09 Å². The summed E-state index contributed by atoms with van der Waals surface area (Å²) < 4.78 is 42.9. The molecule has 158 valence electrons. The van der Waals surface area contributed by atoms with E-state index in [9.17, 15) is 28.0 Å². The van der Waals surface area contributed by atoms with Gasteiger partial charge < -0.3 is 10.0 Å². The highest BCUT2D eigenvalue weighted by molar-refractivity contribution is 7.90. The van der Waals surface area contributed by atoms with Crippen molar-refractivity contribution in [1.29, 1.82) is 5.26 Å². The Morgan fingerprint density at radius 3 is 2.48 bits per heavy atom. The molecule has 1 aliphatic heterocycles. The molecule has 0 saturated carbocycles. The highest BCUT2D eigenvalue weighted by Gasteiger charge is 2.29. The molecule has 7 nitrogen and oxygen atoms in total. The van der Waals surface area contributed by atoms with Gasteiger partial charge in [-0.1, -0.05) is 23.8 Å². The van der Waals surface area contributed by atoms with Gasteiger partial charge in [-0.15, -0.1) is 0 Å². The van der Waals surface area contributed by atoms with E-state index in [4.69, 9.17) is 0 Å². The molecular weight excluding hydrogens is 421 g/mol. The molecule has 1 aromatic heterocycles. The van der Waals surface area contributed by atoms with E-state index in [0.29, 0.717) is 5.57 Å². The third-order valence-corrected chi connectivity index (χ3v) is 7.08. The Morgan fingerprint density at radius 1 is 1.19 bits per heavy atom. The average molecular weight is 439 g/mol. The lowest BCUT2D eigenvalue weighted by molar-refractivity contribution is 0.150. The number of nitrogens with zero attached hydrogens (tertiary/aromatic N) is 3. The second-order valence-corrected chi connectivity index (χ2v) is 9.08. The number of halogens is 1. The number of hydrogen-bond donors (Lipinski definition) is 1. The van der Waals surface area contributed by atoms with Crippen molar-refractivity contribution in [3.8, 4) is 6.07 Å². The molecule has 3 aromatic rings. The minimum atomic E-state index is -4.17. The van der Waals surface area contributed by atoms with Gasteiger partial charge in [0.2, 0.25) is 0 Å². The van der Waals surface area contributed by atoms with Gasteiger partial charge in [0.15, 0.2) is 0 Å². The lowest BCUT2D eigenvalue weighted by Crippen LogP contribution is -2.33. The Bertz CT molecular complexity index is 1380. The molecule has 1 aliphatic rings. The number of amides is 1. The number of aromatic nitrogens is 1. The summed E-state index contributed by atoms with van der Waals surface area (Å²) in [7, 11) is -4.17. The van der Waals surface area contributed by atoms with Crippen LogP contribution in [-0.2, 0) is 10.0 Å². The third kappa shape index (κ3) is 3.45. The SMILES string of the molecule is Cc1ccc(S(=O)(=O)n2c(C3=CCN(C(=O)O)CC3)cc3c(F)ccc(C#N)c32)cc1. The van der Waals surface area contributed by atoms with Crippen LogP contribution in [0.15, 0.2) is 53.4 Å². The van der Waals surface area contributed by atoms with E-state index >= 15 is 0 Å². The first kappa shape index (κ1) is 20.6. The fourth-order valence-electron chi connectivity index (χ4n) is 3.71. The van der Waals surface area contributed by atoms with E-state index in [0.717, 1.165) is 15.6 Å². The first-order valence-corrected chi connectivity index (χ1v) is 10.9. The number of fused-ring (bicyclic) bond motifs is 1. The number of hydrogen-bond acceptors (Lipinski definition) is 4. The number of benzene rings is 2. The van der Waals surface area contributed by atoms with Crippen LogP contribution < -0.4 is 0 Å². The quantitative estimate of drug-likeness (QED) is 0.665. The lowest BCUT2D eigenvalue weighted by Gasteiger charge is -2.24. The molecule has 31 heavy (non-hydrogen) atoms. The van der Waals surface area contributed by atoms with Crippen LogP contribution in [0, 0.1) is 24.1 Å². The lowest BCUT2D eigenvalue weighted by atomic mass is 10.0. The van der Waals surface area contributed by atoms with Crippen molar-refractivity contribution in [2.24, 2.45) is 0 Å². The van der Waals surface area contributed by atoms with Gasteiger partial charge in [0.1, 0.15) is 11.9 Å². The Kier molecular flexibility index (Phi) is 5.03. The summed E-state index contributed by atoms with van der Waals surface area (Å²) in [5.41, 5.74) is 1.68. The van der Waals surface area contributed by atoms with Gasteiger partial charge in [0.25, 0.3) is 10.0 Å². The monoisotopic (exact) mass is 439 g/mol. The summed E-state index contributed by atoms with van der Waals surface area (Å²) in [4.78, 5) is 12.4. The van der Waals surface area contributed by atoms with Crippen LogP contribution in [0.5, 0.6) is 0 Å². The Morgan fingerprint density at radius 2 is 1.90 bits per heavy atom. The van der Waals surface area contributed by atoms with Gasteiger partial charge in [-0.05, 0) is 49.2 Å². The fourth-order valence-corrected chi connectivity index (χ4v) is 5.27. The van der Waals surface area contributed by atoms with Gasteiger partial charge in [-0.25, -0.2) is 21.6 Å². The molecule has 0 spiro atoms. The van der Waals surface area contributed by atoms with Crippen LogP contribution in [0.1, 0.15) is 23.2 Å². The van der Waals surface area contributed by atoms with Crippen molar-refractivity contribution in [1.82, 2.24) is 8.87 Å². The van der Waals surface area contributed by atoms with Crippen LogP contribution >= 0.6 is 0 Å². The van der Waals surface area contributed by atoms with Gasteiger partial charge in [-0.3, -0.25) is 0 Å². The Balaban J connectivity index is 2.02. The molecule has 0 fully saturated rings. The summed E-state index contributed by atoms with van der Waals surface area (Å²) in [6.45, 7) is 2.10. The zero-order valence-corrected chi connectivity index (χ0v) is 17.4. The zero-order valence-electron chi connectivity index (χ0n) is 16.5. The molecule has 9 heteroatoms. The molecule has 0 unspecified atom stereocenters. The number of nitriles is 1. The van der Waals surface area contributed by atoms with E-state index in [-0.39, 0.29) is 46.6 Å².